The average molecular weight is 1090 g/mol. The average Bonchev–Trinajstić information content (AvgIpc) is 4.14. The highest BCUT2D eigenvalue weighted by molar-refractivity contribution is 7.91. The van der Waals surface area contributed by atoms with E-state index in [2.05, 4.69) is 44.0 Å². The Labute approximate surface area is 432 Å². The Balaban J connectivity index is 0.000000171. The zero-order valence-electron chi connectivity index (χ0n) is 44.1. The van der Waals surface area contributed by atoms with Crippen LogP contribution in [0.5, 0.6) is 0 Å². The third-order valence-corrected chi connectivity index (χ3v) is 17.1. The topological polar surface area (TPSA) is 228 Å². The molecular weight excluding hydrogens is 1020 g/mol. The number of hydrogen-bond donors (Lipinski definition) is 1. The van der Waals surface area contributed by atoms with E-state index >= 15 is 0 Å². The quantitative estimate of drug-likeness (QED) is 0.125. The number of aromatic nitrogens is 4. The number of amides is 2. The molecule has 4 bridgehead atoms. The van der Waals surface area contributed by atoms with E-state index in [9.17, 15) is 43.6 Å². The third-order valence-electron chi connectivity index (χ3n) is 14.4. The number of halogens is 2. The molecule has 2 unspecified atom stereocenters. The summed E-state index contributed by atoms with van der Waals surface area (Å²) in [5.41, 5.74) is 2.26. The van der Waals surface area contributed by atoms with Crippen molar-refractivity contribution in [3.8, 4) is 22.3 Å². The van der Waals surface area contributed by atoms with Crippen LogP contribution in [0.15, 0.2) is 39.6 Å². The Kier molecular flexibility index (Phi) is 14.3. The number of fused-ring (bicyclic) bond motifs is 10. The minimum Gasteiger partial charge on any atom is -0.443 e. The molecule has 0 spiro atoms. The Morgan fingerprint density at radius 3 is 1.50 bits per heavy atom. The molecule has 6 atom stereocenters. The number of anilines is 3. The largest absolute Gasteiger partial charge is 0.443 e. The van der Waals surface area contributed by atoms with Gasteiger partial charge in [0.25, 0.3) is 0 Å². The highest BCUT2D eigenvalue weighted by Crippen LogP contribution is 2.51. The van der Waals surface area contributed by atoms with Gasteiger partial charge in [-0.15, -0.1) is 0 Å². The minimum atomic E-state index is -3.98. The van der Waals surface area contributed by atoms with Crippen molar-refractivity contribution in [2.75, 3.05) is 60.7 Å². The van der Waals surface area contributed by atoms with Gasteiger partial charge in [0.05, 0.1) is 22.8 Å². The van der Waals surface area contributed by atoms with Crippen molar-refractivity contribution < 1.29 is 53.1 Å². The summed E-state index contributed by atoms with van der Waals surface area (Å²) in [6.45, 7) is 17.1. The van der Waals surface area contributed by atoms with E-state index in [0.29, 0.717) is 51.3 Å². The number of nitrogens with one attached hydrogen (secondary N) is 1. The Morgan fingerprint density at radius 1 is 0.649 bits per heavy atom. The van der Waals surface area contributed by atoms with Crippen LogP contribution in [0, 0.1) is 35.3 Å². The molecule has 18 nitrogen and oxygen atoms in total. The summed E-state index contributed by atoms with van der Waals surface area (Å²) in [5.74, 6) is 2.50. The third kappa shape index (κ3) is 11.3. The predicted molar refractivity (Wildman–Crippen MR) is 276 cm³/mol. The number of sulfone groups is 3. The number of carbonyl (C=O) groups is 2. The SMILES string of the molecule is CN(C(=O)OC(C)(C)C)c1cc(F)cc2c1Cc1nc(S(C)(=O)=O)nc(S(C)(=O)=O)c1-2.C[C@@H]1CC2C[C@@H]1CN2.C[C@@H]1CC2C[C@@H]1CN2c1nc(S(C)(=O)=O)nc2c1-c1cc(F)cc(N(C)C(=O)OC(C)(C)C)c1C2. The van der Waals surface area contributed by atoms with E-state index in [4.69, 9.17) is 9.47 Å². The first kappa shape index (κ1) is 54.9. The molecule has 0 radical (unpaired) electrons. The predicted octanol–water partition coefficient (Wildman–Crippen LogP) is 7.57. The Morgan fingerprint density at radius 2 is 1.12 bits per heavy atom. The summed E-state index contributed by atoms with van der Waals surface area (Å²) >= 11 is 0. The molecule has 402 valence electrons. The van der Waals surface area contributed by atoms with Gasteiger partial charge in [0.2, 0.25) is 30.0 Å². The monoisotopic (exact) mass is 1080 g/mol. The lowest BCUT2D eigenvalue weighted by Gasteiger charge is -2.32. The molecule has 4 heterocycles. The lowest BCUT2D eigenvalue weighted by Crippen LogP contribution is -2.36. The minimum absolute atomic E-state index is 0.0129. The highest BCUT2D eigenvalue weighted by atomic mass is 32.2. The maximum Gasteiger partial charge on any atom is 0.414 e. The number of carbonyl (C=O) groups excluding carboxylic acids is 2. The molecule has 2 saturated heterocycles. The van der Waals surface area contributed by atoms with E-state index in [1.54, 1.807) is 48.6 Å². The smallest absolute Gasteiger partial charge is 0.414 e. The van der Waals surface area contributed by atoms with Crippen LogP contribution in [0.2, 0.25) is 0 Å². The first-order valence-electron chi connectivity index (χ1n) is 24.6. The van der Waals surface area contributed by atoms with Crippen LogP contribution < -0.4 is 20.0 Å². The molecule has 2 saturated carbocycles. The number of nitrogens with zero attached hydrogens (tertiary/aromatic N) is 7. The first-order chi connectivity index (χ1) is 34.1. The fourth-order valence-corrected chi connectivity index (χ4v) is 12.9. The highest BCUT2D eigenvalue weighted by Gasteiger charge is 2.46. The van der Waals surface area contributed by atoms with Crippen LogP contribution in [0.3, 0.4) is 0 Å². The van der Waals surface area contributed by atoms with Gasteiger partial charge in [-0.2, -0.15) is 0 Å². The molecule has 2 aliphatic heterocycles. The number of piperidine rings is 2. The van der Waals surface area contributed by atoms with Crippen LogP contribution in [-0.4, -0.2) is 127 Å². The van der Waals surface area contributed by atoms with Crippen LogP contribution in [-0.2, 0) is 51.8 Å². The van der Waals surface area contributed by atoms with Gasteiger partial charge in [-0.25, -0.2) is 63.6 Å². The fraction of sp³-hybridized carbons (Fsp3) is 0.569. The van der Waals surface area contributed by atoms with Gasteiger partial charge in [-0.05, 0) is 144 Å². The lowest BCUT2D eigenvalue weighted by atomic mass is 9.96. The maximum atomic E-state index is 14.9. The molecule has 23 heteroatoms. The number of hydrogen-bond acceptors (Lipinski definition) is 16. The van der Waals surface area contributed by atoms with E-state index in [-0.39, 0.29) is 46.5 Å². The van der Waals surface area contributed by atoms with Gasteiger partial charge in [-0.3, -0.25) is 9.80 Å². The normalized spacial score (nSPS) is 22.2. The molecule has 2 amide bonds. The van der Waals surface area contributed by atoms with Crippen molar-refractivity contribution in [2.45, 2.75) is 133 Å². The van der Waals surface area contributed by atoms with Crippen molar-refractivity contribution >= 4 is 58.9 Å². The van der Waals surface area contributed by atoms with Gasteiger partial charge < -0.3 is 19.7 Å². The molecule has 10 rings (SSSR count). The Hall–Kier alpha value is -5.39. The summed E-state index contributed by atoms with van der Waals surface area (Å²) in [6.07, 6.45) is 6.71. The van der Waals surface area contributed by atoms with Crippen LogP contribution >= 0.6 is 0 Å². The van der Waals surface area contributed by atoms with E-state index < -0.39 is 74.7 Å². The van der Waals surface area contributed by atoms with Gasteiger partial charge >= 0.3 is 12.2 Å². The molecule has 4 fully saturated rings. The standard InChI is InChI=1S/C25H31FN4O4S.C19H22FN3O6S2.C7H13N/c1-13-7-16-8-14(13)12-30(16)22-21-18-9-15(26)10-20(29(5)24(31)34-25(2,3)4)17(18)11-19(21)27-23(28-22)35(6,32)33;1-19(2,3)29-18(24)23(4)14-8-10(20)7-12-11(14)9-13-15(12)16(30(5,25)26)22-17(21-13)31(6,27)28;1-5-2-7-3-6(5)4-8-7/h9-10,13-14,16H,7-8,11-12H2,1-6H3;7-8H,9H2,1-6H3;5-8H,2-4H2,1H3/t13-,14-,16?;;5-,6-,7?/m1.1/s1. The van der Waals surface area contributed by atoms with Gasteiger partial charge in [0.1, 0.15) is 28.7 Å². The van der Waals surface area contributed by atoms with Gasteiger partial charge in [-0.1, -0.05) is 13.8 Å². The molecule has 4 aromatic rings. The molecule has 6 aliphatic rings. The van der Waals surface area contributed by atoms with Crippen LogP contribution in [0.25, 0.3) is 22.3 Å². The second kappa shape index (κ2) is 19.3. The zero-order valence-corrected chi connectivity index (χ0v) is 46.6. The number of rotatable bonds is 6. The Bertz CT molecular complexity index is 3310. The molecular formula is C51H66F2N8O10S3. The molecule has 1 N–H and O–H groups in total. The molecule has 74 heavy (non-hydrogen) atoms. The summed E-state index contributed by atoms with van der Waals surface area (Å²) in [5, 5.41) is 2.12. The van der Waals surface area contributed by atoms with Crippen LogP contribution in [0.1, 0.15) is 104 Å². The van der Waals surface area contributed by atoms with Crippen LogP contribution in [0.4, 0.5) is 35.6 Å². The fourth-order valence-electron chi connectivity index (χ4n) is 11.0. The summed E-state index contributed by atoms with van der Waals surface area (Å²) in [4.78, 5) is 46.6. The van der Waals surface area contributed by atoms with Crippen molar-refractivity contribution in [1.29, 1.82) is 0 Å². The summed E-state index contributed by atoms with van der Waals surface area (Å²) in [6, 6.07) is 6.14. The molecule has 2 aromatic heterocycles. The second-order valence-electron chi connectivity index (χ2n) is 22.8. The zero-order chi connectivity index (χ0) is 54.5. The molecule has 4 aliphatic carbocycles. The first-order valence-corrected chi connectivity index (χ1v) is 30.3. The maximum absolute atomic E-state index is 14.9. The lowest BCUT2D eigenvalue weighted by molar-refractivity contribution is 0.0578. The van der Waals surface area contributed by atoms with E-state index in [1.165, 1.54) is 43.5 Å². The van der Waals surface area contributed by atoms with Crippen molar-refractivity contribution in [3.63, 3.8) is 0 Å². The van der Waals surface area contributed by atoms with Crippen molar-refractivity contribution in [2.24, 2.45) is 23.7 Å². The molecule has 2 aromatic carbocycles. The second-order valence-corrected chi connectivity index (χ2v) is 28.5. The van der Waals surface area contributed by atoms with Crippen molar-refractivity contribution in [3.05, 3.63) is 58.4 Å². The number of ether oxygens (including phenoxy) is 2. The number of benzene rings is 2. The van der Waals surface area contributed by atoms with Gasteiger partial charge in [0, 0.05) is 75.5 Å². The van der Waals surface area contributed by atoms with Gasteiger partial charge in [0.15, 0.2) is 14.9 Å². The van der Waals surface area contributed by atoms with Crippen molar-refractivity contribution in [1.82, 2.24) is 25.3 Å². The van der Waals surface area contributed by atoms with E-state index in [1.807, 2.05) is 0 Å². The summed E-state index contributed by atoms with van der Waals surface area (Å²) in [7, 11) is -8.61. The van der Waals surface area contributed by atoms with E-state index in [0.717, 1.165) is 73.1 Å². The summed E-state index contributed by atoms with van der Waals surface area (Å²) < 4.78 is 114.